The summed E-state index contributed by atoms with van der Waals surface area (Å²) in [6, 6.07) is 0.446. The molecule has 0 spiro atoms. The van der Waals surface area contributed by atoms with Crippen molar-refractivity contribution >= 4 is 11.8 Å². The molecule has 1 aliphatic heterocycles. The molecule has 2 rings (SSSR count). The van der Waals surface area contributed by atoms with E-state index in [0.29, 0.717) is 12.6 Å². The second-order valence-corrected chi connectivity index (χ2v) is 7.37. The molecular weight excluding hydrogens is 266 g/mol. The zero-order valence-corrected chi connectivity index (χ0v) is 13.7. The third-order valence-electron chi connectivity index (χ3n) is 4.55. The first-order chi connectivity index (χ1) is 9.86. The quantitative estimate of drug-likeness (QED) is 0.865. The lowest BCUT2D eigenvalue weighted by atomic mass is 9.90. The topological polar surface area (TPSA) is 52.7 Å². The normalized spacial score (nSPS) is 21.6. The van der Waals surface area contributed by atoms with Gasteiger partial charge in [0.2, 0.25) is 0 Å². The number of hydrogen-bond donors (Lipinski definition) is 1. The third kappa shape index (κ3) is 4.70. The summed E-state index contributed by atoms with van der Waals surface area (Å²) in [4.78, 5) is 28.3. The number of amides is 2. The van der Waals surface area contributed by atoms with E-state index in [9.17, 15) is 9.59 Å². The second-order valence-electron chi connectivity index (χ2n) is 7.37. The summed E-state index contributed by atoms with van der Waals surface area (Å²) in [5.41, 5.74) is -0.281. The Labute approximate surface area is 128 Å². The fraction of sp³-hybridized carbons (Fsp3) is 0.875. The van der Waals surface area contributed by atoms with Gasteiger partial charge in [-0.05, 0) is 12.8 Å². The minimum atomic E-state index is -0.281. The molecule has 5 nitrogen and oxygen atoms in total. The van der Waals surface area contributed by atoms with Crippen molar-refractivity contribution in [2.45, 2.75) is 52.5 Å². The number of ketones is 1. The van der Waals surface area contributed by atoms with E-state index in [1.165, 1.54) is 12.8 Å². The molecule has 1 aliphatic carbocycles. The molecule has 2 fully saturated rings. The van der Waals surface area contributed by atoms with Crippen LogP contribution in [0.25, 0.3) is 0 Å². The highest BCUT2D eigenvalue weighted by molar-refractivity contribution is 5.85. The van der Waals surface area contributed by atoms with E-state index in [2.05, 4.69) is 10.2 Å². The molecule has 0 bridgehead atoms. The Hall–Kier alpha value is -1.10. The molecule has 1 N–H and O–H groups in total. The van der Waals surface area contributed by atoms with Crippen LogP contribution in [-0.2, 0) is 4.79 Å². The summed E-state index contributed by atoms with van der Waals surface area (Å²) >= 11 is 0. The van der Waals surface area contributed by atoms with Gasteiger partial charge in [-0.25, -0.2) is 4.79 Å². The van der Waals surface area contributed by atoms with E-state index in [1.807, 2.05) is 25.7 Å². The van der Waals surface area contributed by atoms with Gasteiger partial charge >= 0.3 is 6.03 Å². The molecule has 5 heteroatoms. The number of carbonyl (C=O) groups is 2. The van der Waals surface area contributed by atoms with E-state index in [4.69, 9.17) is 0 Å². The van der Waals surface area contributed by atoms with Gasteiger partial charge in [-0.3, -0.25) is 9.69 Å². The molecular formula is C16H29N3O2. The second kappa shape index (κ2) is 6.77. The largest absolute Gasteiger partial charge is 0.335 e. The van der Waals surface area contributed by atoms with Crippen LogP contribution in [0.3, 0.4) is 0 Å². The van der Waals surface area contributed by atoms with Crippen LogP contribution >= 0.6 is 0 Å². The van der Waals surface area contributed by atoms with Gasteiger partial charge in [0.05, 0.1) is 6.54 Å². The summed E-state index contributed by atoms with van der Waals surface area (Å²) in [5, 5.41) is 3.13. The molecule has 1 saturated heterocycles. The molecule has 0 unspecified atom stereocenters. The van der Waals surface area contributed by atoms with Gasteiger partial charge in [-0.1, -0.05) is 33.6 Å². The first-order valence-electron chi connectivity index (χ1n) is 8.17. The van der Waals surface area contributed by atoms with E-state index >= 15 is 0 Å². The Bertz CT molecular complexity index is 375. The van der Waals surface area contributed by atoms with Gasteiger partial charge < -0.3 is 10.2 Å². The molecule has 2 aliphatic rings. The maximum atomic E-state index is 12.2. The number of piperazine rings is 1. The van der Waals surface area contributed by atoms with Crippen molar-refractivity contribution in [3.05, 3.63) is 0 Å². The number of Topliss-reactive ketones (excluding diaryl/α,β-unsaturated/α-hetero) is 1. The number of nitrogens with zero attached hydrogens (tertiary/aromatic N) is 2. The first-order valence-corrected chi connectivity index (χ1v) is 8.17. The average Bonchev–Trinajstić information content (AvgIpc) is 2.91. The maximum absolute atomic E-state index is 12.2. The monoisotopic (exact) mass is 295 g/mol. The molecule has 0 atom stereocenters. The fourth-order valence-electron chi connectivity index (χ4n) is 2.89. The van der Waals surface area contributed by atoms with E-state index in [-0.39, 0.29) is 17.2 Å². The predicted molar refractivity (Wildman–Crippen MR) is 83.3 cm³/mol. The van der Waals surface area contributed by atoms with Gasteiger partial charge in [0.15, 0.2) is 5.78 Å². The van der Waals surface area contributed by atoms with Crippen LogP contribution in [0, 0.1) is 5.41 Å². The summed E-state index contributed by atoms with van der Waals surface area (Å²) in [7, 11) is 0. The highest BCUT2D eigenvalue weighted by atomic mass is 16.2. The van der Waals surface area contributed by atoms with E-state index < -0.39 is 0 Å². The van der Waals surface area contributed by atoms with Crippen LogP contribution in [0.1, 0.15) is 46.5 Å². The van der Waals surface area contributed by atoms with Crippen molar-refractivity contribution in [2.24, 2.45) is 5.41 Å². The van der Waals surface area contributed by atoms with Crippen LogP contribution < -0.4 is 5.32 Å². The highest BCUT2D eigenvalue weighted by Gasteiger charge is 2.28. The van der Waals surface area contributed by atoms with Crippen LogP contribution in [0.2, 0.25) is 0 Å². The van der Waals surface area contributed by atoms with Gasteiger partial charge in [0.25, 0.3) is 0 Å². The molecule has 21 heavy (non-hydrogen) atoms. The van der Waals surface area contributed by atoms with Crippen molar-refractivity contribution < 1.29 is 9.59 Å². The fourth-order valence-corrected chi connectivity index (χ4v) is 2.89. The number of hydrogen-bond acceptors (Lipinski definition) is 3. The summed E-state index contributed by atoms with van der Waals surface area (Å²) < 4.78 is 0. The third-order valence-corrected chi connectivity index (χ3v) is 4.55. The van der Waals surface area contributed by atoms with Crippen molar-refractivity contribution in [1.29, 1.82) is 0 Å². The summed E-state index contributed by atoms with van der Waals surface area (Å²) in [6.45, 7) is 9.40. The van der Waals surface area contributed by atoms with E-state index in [1.54, 1.807) is 0 Å². The molecule has 0 aromatic rings. The molecule has 0 aromatic carbocycles. The molecule has 1 heterocycles. The maximum Gasteiger partial charge on any atom is 0.317 e. The van der Waals surface area contributed by atoms with Crippen LogP contribution in [0.5, 0.6) is 0 Å². The first kappa shape index (κ1) is 16.3. The lowest BCUT2D eigenvalue weighted by Crippen LogP contribution is -2.54. The lowest BCUT2D eigenvalue weighted by Gasteiger charge is -2.35. The van der Waals surface area contributed by atoms with Crippen LogP contribution in [0.15, 0.2) is 0 Å². The Morgan fingerprint density at radius 2 is 1.62 bits per heavy atom. The average molecular weight is 295 g/mol. The van der Waals surface area contributed by atoms with Crippen molar-refractivity contribution in [3.8, 4) is 0 Å². The zero-order valence-electron chi connectivity index (χ0n) is 13.7. The van der Waals surface area contributed by atoms with Crippen molar-refractivity contribution in [2.75, 3.05) is 32.7 Å². The number of nitrogens with one attached hydrogen (secondary N) is 1. The SMILES string of the molecule is CC(C)(C)C(=O)CN1CCN(C(=O)NC2CCCC2)CC1. The molecule has 2 amide bonds. The van der Waals surface area contributed by atoms with Crippen LogP contribution in [0.4, 0.5) is 4.79 Å². The number of carbonyl (C=O) groups excluding carboxylic acids is 2. The zero-order chi connectivity index (χ0) is 15.5. The summed E-state index contributed by atoms with van der Waals surface area (Å²) in [5.74, 6) is 0.270. The Kier molecular flexibility index (Phi) is 5.25. The Morgan fingerprint density at radius 3 is 2.14 bits per heavy atom. The smallest absolute Gasteiger partial charge is 0.317 e. The standard InChI is InChI=1S/C16H29N3O2/c1-16(2,3)14(20)12-18-8-10-19(11-9-18)15(21)17-13-6-4-5-7-13/h13H,4-12H2,1-3H3,(H,17,21). The number of urea groups is 1. The van der Waals surface area contributed by atoms with E-state index in [0.717, 1.165) is 39.0 Å². The van der Waals surface area contributed by atoms with Crippen molar-refractivity contribution in [3.63, 3.8) is 0 Å². The van der Waals surface area contributed by atoms with Gasteiger partial charge in [0.1, 0.15) is 0 Å². The highest BCUT2D eigenvalue weighted by Crippen LogP contribution is 2.18. The molecule has 120 valence electrons. The van der Waals surface area contributed by atoms with Crippen molar-refractivity contribution in [1.82, 2.24) is 15.1 Å². The van der Waals surface area contributed by atoms with Crippen LogP contribution in [-0.4, -0.2) is 60.4 Å². The summed E-state index contributed by atoms with van der Waals surface area (Å²) in [6.07, 6.45) is 4.69. The van der Waals surface area contributed by atoms with Gasteiger partial charge in [-0.2, -0.15) is 0 Å². The number of rotatable bonds is 3. The minimum absolute atomic E-state index is 0.0729. The lowest BCUT2D eigenvalue weighted by molar-refractivity contribution is -0.127. The predicted octanol–water partition coefficient (Wildman–Crippen LogP) is 1.87. The minimum Gasteiger partial charge on any atom is -0.335 e. The Morgan fingerprint density at radius 1 is 1.05 bits per heavy atom. The molecule has 0 aromatic heterocycles. The van der Waals surface area contributed by atoms with Gasteiger partial charge in [0, 0.05) is 37.6 Å². The van der Waals surface area contributed by atoms with Gasteiger partial charge in [-0.15, -0.1) is 0 Å². The molecule has 1 saturated carbocycles. The molecule has 0 radical (unpaired) electrons. The Balaban J connectivity index is 1.72.